The number of nitrogens with one attached hydrogen (secondary N) is 2. The minimum Gasteiger partial charge on any atom is -0.378 e. The maximum absolute atomic E-state index is 11.9. The minimum atomic E-state index is -0.364. The molecule has 0 aromatic heterocycles. The summed E-state index contributed by atoms with van der Waals surface area (Å²) in [6, 6.07) is 3.06. The van der Waals surface area contributed by atoms with Gasteiger partial charge in [0.1, 0.15) is 6.04 Å². The van der Waals surface area contributed by atoms with Gasteiger partial charge in [0.05, 0.1) is 28.9 Å². The van der Waals surface area contributed by atoms with E-state index in [1.165, 1.54) is 0 Å². The molecule has 1 heterocycles. The molecule has 2 N–H and O–H groups in total. The third-order valence-corrected chi connectivity index (χ3v) is 4.30. The summed E-state index contributed by atoms with van der Waals surface area (Å²) >= 11 is 15.3. The van der Waals surface area contributed by atoms with E-state index in [4.69, 9.17) is 27.9 Å². The normalized spacial score (nSPS) is 19.6. The average molecular weight is 354 g/mol. The first-order valence-corrected chi connectivity index (χ1v) is 6.90. The van der Waals surface area contributed by atoms with Gasteiger partial charge in [-0.25, -0.2) is 0 Å². The third kappa shape index (κ3) is 3.16. The van der Waals surface area contributed by atoms with Crippen molar-refractivity contribution in [1.82, 2.24) is 5.32 Å². The van der Waals surface area contributed by atoms with Crippen molar-refractivity contribution in [3.05, 3.63) is 26.7 Å². The maximum Gasteiger partial charge on any atom is 0.243 e. The van der Waals surface area contributed by atoms with Crippen molar-refractivity contribution in [2.75, 3.05) is 25.1 Å². The maximum atomic E-state index is 11.9. The van der Waals surface area contributed by atoms with Crippen LogP contribution in [-0.2, 0) is 9.53 Å². The van der Waals surface area contributed by atoms with Crippen molar-refractivity contribution in [2.45, 2.75) is 6.04 Å². The van der Waals surface area contributed by atoms with Gasteiger partial charge in [0, 0.05) is 11.0 Å². The summed E-state index contributed by atoms with van der Waals surface area (Å²) in [4.78, 5) is 11.9. The highest BCUT2D eigenvalue weighted by Gasteiger charge is 2.22. The number of ether oxygens (including phenoxy) is 1. The van der Waals surface area contributed by atoms with Gasteiger partial charge >= 0.3 is 0 Å². The molecule has 0 bridgehead atoms. The smallest absolute Gasteiger partial charge is 0.243 e. The molecule has 4 nitrogen and oxygen atoms in total. The molecule has 0 aliphatic carbocycles. The van der Waals surface area contributed by atoms with E-state index in [1.54, 1.807) is 12.1 Å². The molecular weight excluding hydrogens is 343 g/mol. The first-order chi connectivity index (χ1) is 8.59. The Morgan fingerprint density at radius 1 is 1.44 bits per heavy atom. The van der Waals surface area contributed by atoms with Crippen molar-refractivity contribution in [3.63, 3.8) is 0 Å². The van der Waals surface area contributed by atoms with Gasteiger partial charge in [-0.1, -0.05) is 23.2 Å². The highest BCUT2D eigenvalue weighted by molar-refractivity contribution is 9.10. The molecule has 1 atom stereocenters. The number of rotatable bonds is 2. The first-order valence-electron chi connectivity index (χ1n) is 5.35. The number of carbonyl (C=O) groups excluding carboxylic acids is 1. The second-order valence-corrected chi connectivity index (χ2v) is 5.40. The van der Waals surface area contributed by atoms with Crippen LogP contribution in [0.3, 0.4) is 0 Å². The number of anilines is 1. The fraction of sp³-hybridized carbons (Fsp3) is 0.364. The van der Waals surface area contributed by atoms with Crippen LogP contribution < -0.4 is 10.6 Å². The van der Waals surface area contributed by atoms with Crippen molar-refractivity contribution in [3.8, 4) is 0 Å². The van der Waals surface area contributed by atoms with E-state index in [-0.39, 0.29) is 11.9 Å². The van der Waals surface area contributed by atoms with Crippen molar-refractivity contribution in [1.29, 1.82) is 0 Å². The van der Waals surface area contributed by atoms with Crippen LogP contribution in [0.4, 0.5) is 5.69 Å². The van der Waals surface area contributed by atoms with E-state index < -0.39 is 0 Å². The van der Waals surface area contributed by atoms with Gasteiger partial charge in [0.2, 0.25) is 5.91 Å². The van der Waals surface area contributed by atoms with Crippen molar-refractivity contribution in [2.24, 2.45) is 0 Å². The Bertz CT molecular complexity index is 465. The van der Waals surface area contributed by atoms with Gasteiger partial charge in [0.25, 0.3) is 0 Å². The molecule has 1 aliphatic rings. The van der Waals surface area contributed by atoms with Crippen LogP contribution in [0.1, 0.15) is 0 Å². The summed E-state index contributed by atoms with van der Waals surface area (Å²) in [6.07, 6.45) is 0. The molecule has 18 heavy (non-hydrogen) atoms. The number of carbonyl (C=O) groups is 1. The number of morpholine rings is 1. The van der Waals surface area contributed by atoms with Gasteiger partial charge in [0.15, 0.2) is 0 Å². The molecule has 1 unspecified atom stereocenters. The predicted octanol–water partition coefficient (Wildman–Crippen LogP) is 2.68. The molecule has 1 fully saturated rings. The van der Waals surface area contributed by atoms with Crippen LogP contribution in [0, 0.1) is 0 Å². The molecule has 0 spiro atoms. The van der Waals surface area contributed by atoms with Crippen LogP contribution in [0.5, 0.6) is 0 Å². The topological polar surface area (TPSA) is 50.4 Å². The van der Waals surface area contributed by atoms with Gasteiger partial charge < -0.3 is 15.4 Å². The van der Waals surface area contributed by atoms with Crippen LogP contribution in [0.25, 0.3) is 0 Å². The van der Waals surface area contributed by atoms with Crippen LogP contribution >= 0.6 is 39.1 Å². The molecule has 1 aliphatic heterocycles. The summed E-state index contributed by atoms with van der Waals surface area (Å²) in [5, 5.41) is 6.48. The molecule has 1 aromatic carbocycles. The van der Waals surface area contributed by atoms with Crippen LogP contribution in [0.15, 0.2) is 16.6 Å². The second-order valence-electron chi connectivity index (χ2n) is 3.79. The first kappa shape index (κ1) is 14.1. The number of benzene rings is 1. The number of hydrogen-bond acceptors (Lipinski definition) is 3. The lowest BCUT2D eigenvalue weighted by atomic mass is 10.2. The molecule has 1 amide bonds. The quantitative estimate of drug-likeness (QED) is 0.804. The lowest BCUT2D eigenvalue weighted by Crippen LogP contribution is -2.48. The molecular formula is C11H11BrCl2N2O2. The SMILES string of the molecule is O=C(Nc1ccc(Br)c(Cl)c1Cl)C1COCCN1. The Kier molecular flexibility index (Phi) is 4.86. The highest BCUT2D eigenvalue weighted by atomic mass is 79.9. The van der Waals surface area contributed by atoms with Crippen molar-refractivity contribution < 1.29 is 9.53 Å². The van der Waals surface area contributed by atoms with Gasteiger partial charge in [-0.2, -0.15) is 0 Å². The van der Waals surface area contributed by atoms with Crippen LogP contribution in [0.2, 0.25) is 10.0 Å². The third-order valence-electron chi connectivity index (χ3n) is 2.53. The van der Waals surface area contributed by atoms with E-state index in [2.05, 4.69) is 26.6 Å². The Morgan fingerprint density at radius 2 is 2.22 bits per heavy atom. The fourth-order valence-electron chi connectivity index (χ4n) is 1.58. The van der Waals surface area contributed by atoms with Gasteiger partial charge in [-0.15, -0.1) is 0 Å². The Balaban J connectivity index is 2.09. The van der Waals surface area contributed by atoms with E-state index >= 15 is 0 Å². The summed E-state index contributed by atoms with van der Waals surface area (Å²) in [7, 11) is 0. The lowest BCUT2D eigenvalue weighted by Gasteiger charge is -2.23. The summed E-state index contributed by atoms with van der Waals surface area (Å²) in [5.41, 5.74) is 0.488. The molecule has 7 heteroatoms. The Morgan fingerprint density at radius 3 is 2.89 bits per heavy atom. The van der Waals surface area contributed by atoms with Gasteiger partial charge in [-0.3, -0.25) is 4.79 Å². The summed E-state index contributed by atoms with van der Waals surface area (Å²) in [5.74, 6) is -0.185. The molecule has 0 radical (unpaired) electrons. The summed E-state index contributed by atoms with van der Waals surface area (Å²) in [6.45, 7) is 1.63. The molecule has 1 aromatic rings. The number of amides is 1. The average Bonchev–Trinajstić information content (AvgIpc) is 2.40. The lowest BCUT2D eigenvalue weighted by molar-refractivity contribution is -0.120. The molecule has 98 valence electrons. The van der Waals surface area contributed by atoms with E-state index in [0.29, 0.717) is 40.0 Å². The Labute approximate surface area is 123 Å². The van der Waals surface area contributed by atoms with E-state index in [1.807, 2.05) is 0 Å². The van der Waals surface area contributed by atoms with Crippen LogP contribution in [-0.4, -0.2) is 31.7 Å². The summed E-state index contributed by atoms with van der Waals surface area (Å²) < 4.78 is 5.91. The zero-order valence-corrected chi connectivity index (χ0v) is 12.4. The molecule has 0 saturated carbocycles. The standard InChI is InChI=1S/C11H11BrCl2N2O2/c12-6-1-2-7(10(14)9(6)13)16-11(17)8-5-18-4-3-15-8/h1-2,8,15H,3-5H2,(H,16,17). The van der Waals surface area contributed by atoms with Gasteiger partial charge in [-0.05, 0) is 28.1 Å². The predicted molar refractivity (Wildman–Crippen MR) is 75.4 cm³/mol. The fourth-order valence-corrected chi connectivity index (χ4v) is 2.40. The number of halogens is 3. The largest absolute Gasteiger partial charge is 0.378 e. The van der Waals surface area contributed by atoms with Crippen molar-refractivity contribution >= 4 is 50.7 Å². The molecule has 2 rings (SSSR count). The number of hydrogen-bond donors (Lipinski definition) is 2. The zero-order chi connectivity index (χ0) is 13.1. The van der Waals surface area contributed by atoms with E-state index in [0.717, 1.165) is 0 Å². The minimum absolute atomic E-state index is 0.185. The van der Waals surface area contributed by atoms with E-state index in [9.17, 15) is 4.79 Å². The second kappa shape index (κ2) is 6.21. The highest BCUT2D eigenvalue weighted by Crippen LogP contribution is 2.35. The monoisotopic (exact) mass is 352 g/mol. The molecule has 1 saturated heterocycles. The Hall–Kier alpha value is -0.330. The zero-order valence-electron chi connectivity index (χ0n) is 9.30.